The van der Waals surface area contributed by atoms with Gasteiger partial charge in [0, 0.05) is 5.25 Å². The van der Waals surface area contributed by atoms with Gasteiger partial charge in [0.05, 0.1) is 6.04 Å². The van der Waals surface area contributed by atoms with Crippen molar-refractivity contribution in [3.8, 4) is 12.3 Å². The molecule has 11 heavy (non-hydrogen) atoms. The molecule has 2 unspecified atom stereocenters. The van der Waals surface area contributed by atoms with Crippen LogP contribution in [0.4, 0.5) is 0 Å². The first kappa shape index (κ1) is 8.96. The van der Waals surface area contributed by atoms with E-state index in [-0.39, 0.29) is 0 Å². The zero-order valence-electron chi connectivity index (χ0n) is 6.97. The highest BCUT2D eigenvalue weighted by Crippen LogP contribution is 2.28. The van der Waals surface area contributed by atoms with Crippen LogP contribution in [0.5, 0.6) is 0 Å². The maximum Gasteiger partial charge on any atom is 0.0807 e. The molecule has 0 aromatic carbocycles. The highest BCUT2D eigenvalue weighted by molar-refractivity contribution is 8.00. The third kappa shape index (κ3) is 2.43. The lowest BCUT2D eigenvalue weighted by molar-refractivity contribution is 0.589. The summed E-state index contributed by atoms with van der Waals surface area (Å²) in [4.78, 5) is 0. The molecule has 2 heteroatoms. The maximum absolute atomic E-state index is 5.41. The van der Waals surface area contributed by atoms with Crippen molar-refractivity contribution in [2.24, 2.45) is 0 Å². The van der Waals surface area contributed by atoms with Crippen LogP contribution < -0.4 is 5.32 Å². The van der Waals surface area contributed by atoms with E-state index >= 15 is 0 Å². The Morgan fingerprint density at radius 1 is 1.82 bits per heavy atom. The highest BCUT2D eigenvalue weighted by atomic mass is 32.2. The summed E-state index contributed by atoms with van der Waals surface area (Å²) in [6.07, 6.45) is 8.03. The van der Waals surface area contributed by atoms with Gasteiger partial charge in [-0.05, 0) is 25.1 Å². The van der Waals surface area contributed by atoms with Crippen LogP contribution in [0.25, 0.3) is 0 Å². The second-order valence-corrected chi connectivity index (χ2v) is 4.10. The Kier molecular flexibility index (Phi) is 3.82. The third-order valence-electron chi connectivity index (χ3n) is 1.94. The van der Waals surface area contributed by atoms with Crippen molar-refractivity contribution in [3.63, 3.8) is 0 Å². The molecule has 1 rings (SSSR count). The molecule has 0 aromatic rings. The van der Waals surface area contributed by atoms with Gasteiger partial charge in [-0.25, -0.2) is 0 Å². The summed E-state index contributed by atoms with van der Waals surface area (Å²) in [6, 6.07) is 0.299. The smallest absolute Gasteiger partial charge is 0.0807 e. The number of rotatable bonds is 3. The van der Waals surface area contributed by atoms with Gasteiger partial charge in [-0.2, -0.15) is 11.8 Å². The van der Waals surface area contributed by atoms with E-state index in [0.29, 0.717) is 11.3 Å². The molecule has 62 valence electrons. The summed E-state index contributed by atoms with van der Waals surface area (Å²) < 4.78 is 0. The molecule has 1 heterocycles. The minimum atomic E-state index is 0.299. The van der Waals surface area contributed by atoms with E-state index < -0.39 is 0 Å². The van der Waals surface area contributed by atoms with Gasteiger partial charge in [-0.3, -0.25) is 0 Å². The van der Waals surface area contributed by atoms with Crippen molar-refractivity contribution in [3.05, 3.63) is 0 Å². The summed E-state index contributed by atoms with van der Waals surface area (Å²) in [5, 5.41) is 3.98. The Bertz CT molecular complexity index is 144. The monoisotopic (exact) mass is 169 g/mol. The van der Waals surface area contributed by atoms with Gasteiger partial charge in [0.25, 0.3) is 0 Å². The van der Waals surface area contributed by atoms with Gasteiger partial charge >= 0.3 is 0 Å². The maximum atomic E-state index is 5.41. The van der Waals surface area contributed by atoms with Crippen molar-refractivity contribution < 1.29 is 0 Å². The zero-order chi connectivity index (χ0) is 8.10. The second-order valence-electron chi connectivity index (χ2n) is 2.75. The lowest BCUT2D eigenvalue weighted by Gasteiger charge is -2.17. The van der Waals surface area contributed by atoms with Crippen LogP contribution in [0.15, 0.2) is 0 Å². The van der Waals surface area contributed by atoms with Crippen molar-refractivity contribution in [1.29, 1.82) is 0 Å². The molecule has 0 aromatic heterocycles. The molecule has 0 aliphatic carbocycles. The quantitative estimate of drug-likeness (QED) is 0.642. The standard InChI is InChI=1S/C9H15NS/c1-3-8(10-4-2)9-6-5-7-11-9/h1,8-10H,4-7H2,2H3. The lowest BCUT2D eigenvalue weighted by atomic mass is 10.1. The number of terminal acetylenes is 1. The molecule has 1 fully saturated rings. The van der Waals surface area contributed by atoms with Crippen LogP contribution in [0.1, 0.15) is 19.8 Å². The Balaban J connectivity index is 2.35. The van der Waals surface area contributed by atoms with Gasteiger partial charge in [0.2, 0.25) is 0 Å². The molecule has 2 atom stereocenters. The van der Waals surface area contributed by atoms with Crippen molar-refractivity contribution in [2.45, 2.75) is 31.1 Å². The first-order valence-electron chi connectivity index (χ1n) is 4.19. The molecule has 1 aliphatic rings. The molecule has 0 spiro atoms. The van der Waals surface area contributed by atoms with Crippen molar-refractivity contribution in [1.82, 2.24) is 5.32 Å². The summed E-state index contributed by atoms with van der Waals surface area (Å²) in [6.45, 7) is 3.08. The molecule has 1 saturated heterocycles. The molecular weight excluding hydrogens is 154 g/mol. The summed E-state index contributed by atoms with van der Waals surface area (Å²) >= 11 is 2.01. The molecule has 1 N–H and O–H groups in total. The van der Waals surface area contributed by atoms with Gasteiger partial charge in [0.1, 0.15) is 0 Å². The van der Waals surface area contributed by atoms with Crippen LogP contribution in [0.2, 0.25) is 0 Å². The van der Waals surface area contributed by atoms with E-state index in [4.69, 9.17) is 6.42 Å². The highest BCUT2D eigenvalue weighted by Gasteiger charge is 2.22. The predicted octanol–water partition coefficient (Wildman–Crippen LogP) is 1.49. The molecule has 0 saturated carbocycles. The number of hydrogen-bond donors (Lipinski definition) is 1. The van der Waals surface area contributed by atoms with Crippen LogP contribution in [-0.4, -0.2) is 23.6 Å². The fourth-order valence-corrected chi connectivity index (χ4v) is 2.72. The second kappa shape index (κ2) is 4.69. The number of nitrogens with one attached hydrogen (secondary N) is 1. The Hall–Kier alpha value is -0.130. The molecule has 1 nitrogen and oxygen atoms in total. The van der Waals surface area contributed by atoms with E-state index in [9.17, 15) is 0 Å². The largest absolute Gasteiger partial charge is 0.303 e. The van der Waals surface area contributed by atoms with Gasteiger partial charge in [-0.15, -0.1) is 6.42 Å². The van der Waals surface area contributed by atoms with E-state index in [1.54, 1.807) is 0 Å². The molecule has 0 radical (unpaired) electrons. The lowest BCUT2D eigenvalue weighted by Crippen LogP contribution is -2.35. The average molecular weight is 169 g/mol. The molecular formula is C9H15NS. The normalized spacial score (nSPS) is 26.4. The van der Waals surface area contributed by atoms with Gasteiger partial charge in [0.15, 0.2) is 0 Å². The first-order valence-corrected chi connectivity index (χ1v) is 5.24. The minimum absolute atomic E-state index is 0.299. The Labute approximate surface area is 73.3 Å². The number of hydrogen-bond acceptors (Lipinski definition) is 2. The molecule has 0 amide bonds. The summed E-state index contributed by atoms with van der Waals surface area (Å²) in [5.74, 6) is 4.10. The average Bonchev–Trinajstić information content (AvgIpc) is 2.52. The summed E-state index contributed by atoms with van der Waals surface area (Å²) in [7, 11) is 0. The van der Waals surface area contributed by atoms with Gasteiger partial charge in [-0.1, -0.05) is 12.8 Å². The van der Waals surface area contributed by atoms with E-state index in [1.165, 1.54) is 18.6 Å². The fraction of sp³-hybridized carbons (Fsp3) is 0.778. The van der Waals surface area contributed by atoms with Gasteiger partial charge < -0.3 is 5.32 Å². The Morgan fingerprint density at radius 2 is 2.64 bits per heavy atom. The third-order valence-corrected chi connectivity index (χ3v) is 3.40. The zero-order valence-corrected chi connectivity index (χ0v) is 7.79. The van der Waals surface area contributed by atoms with Crippen molar-refractivity contribution >= 4 is 11.8 Å². The Morgan fingerprint density at radius 3 is 3.09 bits per heavy atom. The van der Waals surface area contributed by atoms with E-state index in [0.717, 1.165) is 6.54 Å². The number of thioether (sulfide) groups is 1. The van der Waals surface area contributed by atoms with Crippen molar-refractivity contribution in [2.75, 3.05) is 12.3 Å². The van der Waals surface area contributed by atoms with E-state index in [2.05, 4.69) is 18.2 Å². The first-order chi connectivity index (χ1) is 5.38. The SMILES string of the molecule is C#CC(NCC)C1CCCS1. The minimum Gasteiger partial charge on any atom is -0.303 e. The fourth-order valence-electron chi connectivity index (χ4n) is 1.38. The van der Waals surface area contributed by atoms with Crippen LogP contribution >= 0.6 is 11.8 Å². The van der Waals surface area contributed by atoms with E-state index in [1.807, 2.05) is 11.8 Å². The predicted molar refractivity (Wildman–Crippen MR) is 51.8 cm³/mol. The topological polar surface area (TPSA) is 12.0 Å². The molecule has 0 bridgehead atoms. The molecule has 1 aliphatic heterocycles. The summed E-state index contributed by atoms with van der Waals surface area (Å²) in [5.41, 5.74) is 0. The van der Waals surface area contributed by atoms with Crippen LogP contribution in [0.3, 0.4) is 0 Å². The van der Waals surface area contributed by atoms with Crippen LogP contribution in [-0.2, 0) is 0 Å². The van der Waals surface area contributed by atoms with Crippen LogP contribution in [0, 0.1) is 12.3 Å².